The van der Waals surface area contributed by atoms with Gasteiger partial charge in [-0.2, -0.15) is 5.10 Å². The van der Waals surface area contributed by atoms with Crippen LogP contribution in [0.4, 0.5) is 11.6 Å². The number of aryl methyl sites for hydroxylation is 1. The van der Waals surface area contributed by atoms with Crippen LogP contribution >= 0.6 is 0 Å². The number of para-hydroxylation sites is 1. The van der Waals surface area contributed by atoms with Gasteiger partial charge in [-0.05, 0) is 49.3 Å². The highest BCUT2D eigenvalue weighted by atomic mass is 16.2. The van der Waals surface area contributed by atoms with Crippen LogP contribution in [0, 0.1) is 11.8 Å². The van der Waals surface area contributed by atoms with Crippen LogP contribution in [0.3, 0.4) is 0 Å². The number of carbonyl (C=O) groups excluding carboxylic acids is 1. The molecule has 3 aromatic heterocycles. The molecule has 0 saturated carbocycles. The first-order chi connectivity index (χ1) is 19.4. The number of hydrogen-bond donors (Lipinski definition) is 3. The Morgan fingerprint density at radius 3 is 2.70 bits per heavy atom. The average molecular weight is 532 g/mol. The molecule has 6 rings (SSSR count). The SMILES string of the molecule is CC(NC(=O)c1c(N)nn2c1NCC=C2)c1nc2cccc(C#Cc3ccn(C)n3)c2c(=O)n1-c1ccccc1. The number of rotatable bonds is 4. The first kappa shape index (κ1) is 24.7. The van der Waals surface area contributed by atoms with E-state index in [9.17, 15) is 9.59 Å². The molecule has 0 aliphatic carbocycles. The molecule has 0 saturated heterocycles. The summed E-state index contributed by atoms with van der Waals surface area (Å²) >= 11 is 0. The summed E-state index contributed by atoms with van der Waals surface area (Å²) < 4.78 is 4.70. The summed E-state index contributed by atoms with van der Waals surface area (Å²) in [5.74, 6) is 6.65. The molecule has 1 atom stereocenters. The summed E-state index contributed by atoms with van der Waals surface area (Å²) in [7, 11) is 1.82. The molecular weight excluding hydrogens is 506 g/mol. The fourth-order valence-corrected chi connectivity index (χ4v) is 4.68. The van der Waals surface area contributed by atoms with Crippen molar-refractivity contribution in [1.82, 2.24) is 34.4 Å². The number of hydrogen-bond acceptors (Lipinski definition) is 7. The second-order valence-corrected chi connectivity index (χ2v) is 9.28. The molecular formula is C29H25N9O2. The van der Waals surface area contributed by atoms with Crippen LogP contribution in [-0.4, -0.2) is 41.6 Å². The quantitative estimate of drug-likeness (QED) is 0.303. The Morgan fingerprint density at radius 1 is 1.10 bits per heavy atom. The van der Waals surface area contributed by atoms with Crippen molar-refractivity contribution in [2.45, 2.75) is 13.0 Å². The largest absolute Gasteiger partial charge is 0.381 e. The number of nitrogen functional groups attached to an aromatic ring is 1. The molecule has 1 aliphatic rings. The van der Waals surface area contributed by atoms with Crippen molar-refractivity contribution in [1.29, 1.82) is 0 Å². The van der Waals surface area contributed by atoms with E-state index in [1.807, 2.05) is 43.5 Å². The standard InChI is InChI=1S/C29H25N9O2/c1-18(32-28(39)24-25(30)35-37-16-7-15-31-27(24)37)26-33-22-11-6-8-19(12-13-20-14-17-36(2)34-20)23(22)29(40)38(26)21-9-4-3-5-10-21/h3-11,14,16-18,31H,15H2,1-2H3,(H2,30,35)(H,32,39). The van der Waals surface area contributed by atoms with E-state index in [2.05, 4.69) is 32.7 Å². The fourth-order valence-electron chi connectivity index (χ4n) is 4.68. The Hall–Kier alpha value is -5.63. The van der Waals surface area contributed by atoms with Crippen LogP contribution < -0.4 is 21.9 Å². The third-order valence-electron chi connectivity index (χ3n) is 6.51. The maximum absolute atomic E-state index is 14.1. The molecule has 11 heteroatoms. The number of nitrogens with one attached hydrogen (secondary N) is 2. The van der Waals surface area contributed by atoms with E-state index in [0.717, 1.165) is 0 Å². The second-order valence-electron chi connectivity index (χ2n) is 9.28. The van der Waals surface area contributed by atoms with Crippen molar-refractivity contribution < 1.29 is 4.79 Å². The van der Waals surface area contributed by atoms with Gasteiger partial charge >= 0.3 is 0 Å². The summed E-state index contributed by atoms with van der Waals surface area (Å²) in [4.78, 5) is 32.4. The Bertz CT molecular complexity index is 1920. The lowest BCUT2D eigenvalue weighted by atomic mass is 10.1. The van der Waals surface area contributed by atoms with E-state index in [1.54, 1.807) is 48.3 Å². The van der Waals surface area contributed by atoms with Gasteiger partial charge in [-0.3, -0.25) is 18.8 Å². The van der Waals surface area contributed by atoms with Gasteiger partial charge in [0.15, 0.2) is 5.82 Å². The van der Waals surface area contributed by atoms with Gasteiger partial charge in [0.05, 0.1) is 22.6 Å². The zero-order chi connectivity index (χ0) is 27.8. The van der Waals surface area contributed by atoms with E-state index in [-0.39, 0.29) is 16.9 Å². The van der Waals surface area contributed by atoms with Crippen molar-refractivity contribution in [3.8, 4) is 17.5 Å². The minimum atomic E-state index is -0.665. The minimum absolute atomic E-state index is 0.0989. The lowest BCUT2D eigenvalue weighted by Crippen LogP contribution is -2.34. The molecule has 0 radical (unpaired) electrons. The zero-order valence-electron chi connectivity index (χ0n) is 21.8. The molecule has 5 aromatic rings. The lowest BCUT2D eigenvalue weighted by molar-refractivity contribution is 0.0939. The maximum Gasteiger partial charge on any atom is 0.267 e. The smallest absolute Gasteiger partial charge is 0.267 e. The van der Waals surface area contributed by atoms with Crippen LogP contribution in [0.25, 0.3) is 22.8 Å². The predicted octanol–water partition coefficient (Wildman–Crippen LogP) is 2.68. The number of benzene rings is 2. The number of nitrogens with zero attached hydrogens (tertiary/aromatic N) is 6. The second kappa shape index (κ2) is 9.92. The molecule has 1 aliphatic heterocycles. The number of amides is 1. The van der Waals surface area contributed by atoms with Gasteiger partial charge < -0.3 is 16.4 Å². The molecule has 4 heterocycles. The van der Waals surface area contributed by atoms with Crippen LogP contribution in [0.2, 0.25) is 0 Å². The van der Waals surface area contributed by atoms with Crippen LogP contribution in [0.5, 0.6) is 0 Å². The molecule has 0 spiro atoms. The highest BCUT2D eigenvalue weighted by molar-refractivity contribution is 6.04. The van der Waals surface area contributed by atoms with Gasteiger partial charge in [0, 0.05) is 31.6 Å². The van der Waals surface area contributed by atoms with E-state index in [1.165, 1.54) is 9.25 Å². The highest BCUT2D eigenvalue weighted by Gasteiger charge is 2.26. The maximum atomic E-state index is 14.1. The van der Waals surface area contributed by atoms with E-state index >= 15 is 0 Å². The van der Waals surface area contributed by atoms with Gasteiger partial charge in [-0.25, -0.2) is 9.67 Å². The topological polar surface area (TPSA) is 138 Å². The highest BCUT2D eigenvalue weighted by Crippen LogP contribution is 2.26. The Kier molecular flexibility index (Phi) is 6.12. The van der Waals surface area contributed by atoms with Crippen LogP contribution in [0.15, 0.2) is 71.7 Å². The monoisotopic (exact) mass is 531 g/mol. The molecule has 1 unspecified atom stereocenters. The summed E-state index contributed by atoms with van der Waals surface area (Å²) in [5.41, 5.74) is 8.23. The van der Waals surface area contributed by atoms with Gasteiger partial charge in [0.1, 0.15) is 22.9 Å². The molecule has 198 valence electrons. The minimum Gasteiger partial charge on any atom is -0.381 e. The van der Waals surface area contributed by atoms with E-state index in [0.29, 0.717) is 46.0 Å². The fraction of sp³-hybridized carbons (Fsp3) is 0.138. The molecule has 4 N–H and O–H groups in total. The Morgan fingerprint density at radius 2 is 1.93 bits per heavy atom. The van der Waals surface area contributed by atoms with Crippen molar-refractivity contribution in [2.75, 3.05) is 17.6 Å². The van der Waals surface area contributed by atoms with E-state index in [4.69, 9.17) is 10.7 Å². The predicted molar refractivity (Wildman–Crippen MR) is 153 cm³/mol. The first-order valence-electron chi connectivity index (χ1n) is 12.6. The number of fused-ring (bicyclic) bond motifs is 2. The lowest BCUT2D eigenvalue weighted by Gasteiger charge is -2.20. The van der Waals surface area contributed by atoms with Crippen molar-refractivity contribution in [2.24, 2.45) is 7.05 Å². The van der Waals surface area contributed by atoms with Crippen molar-refractivity contribution >= 4 is 34.6 Å². The van der Waals surface area contributed by atoms with Crippen molar-refractivity contribution in [3.05, 3.63) is 99.9 Å². The van der Waals surface area contributed by atoms with Crippen molar-refractivity contribution in [3.63, 3.8) is 0 Å². The number of aromatic nitrogens is 6. The summed E-state index contributed by atoms with van der Waals surface area (Å²) in [6.45, 7) is 2.32. The number of anilines is 2. The number of carbonyl (C=O) groups is 1. The first-order valence-corrected chi connectivity index (χ1v) is 12.6. The van der Waals surface area contributed by atoms with Gasteiger partial charge in [0.2, 0.25) is 0 Å². The summed E-state index contributed by atoms with van der Waals surface area (Å²) in [6, 6.07) is 15.7. The summed E-state index contributed by atoms with van der Waals surface area (Å²) in [6.07, 6.45) is 5.42. The Balaban J connectivity index is 1.46. The third-order valence-corrected chi connectivity index (χ3v) is 6.51. The van der Waals surface area contributed by atoms with Gasteiger partial charge in [0.25, 0.3) is 11.5 Å². The van der Waals surface area contributed by atoms with Gasteiger partial charge in [-0.1, -0.05) is 30.2 Å². The normalized spacial score (nSPS) is 12.8. The van der Waals surface area contributed by atoms with Crippen LogP contribution in [-0.2, 0) is 7.05 Å². The van der Waals surface area contributed by atoms with E-state index < -0.39 is 11.9 Å². The molecule has 40 heavy (non-hydrogen) atoms. The Labute approximate surface area is 228 Å². The molecule has 1 amide bonds. The van der Waals surface area contributed by atoms with Gasteiger partial charge in [-0.15, -0.1) is 5.10 Å². The molecule has 2 aromatic carbocycles. The molecule has 11 nitrogen and oxygen atoms in total. The molecule has 0 bridgehead atoms. The third kappa shape index (κ3) is 4.37. The van der Waals surface area contributed by atoms with Crippen LogP contribution in [0.1, 0.15) is 40.4 Å². The zero-order valence-corrected chi connectivity index (χ0v) is 21.8. The molecule has 0 fully saturated rings. The number of nitrogens with two attached hydrogens (primary N) is 1. The average Bonchev–Trinajstić information content (AvgIpc) is 3.53. The summed E-state index contributed by atoms with van der Waals surface area (Å²) in [5, 5.41) is 15.0.